The fourth-order valence-electron chi connectivity index (χ4n) is 4.08. The number of aromatic nitrogens is 2. The second kappa shape index (κ2) is 8.81. The highest BCUT2D eigenvalue weighted by Gasteiger charge is 2.30. The van der Waals surface area contributed by atoms with Gasteiger partial charge >= 0.3 is 0 Å². The minimum Gasteiger partial charge on any atom is -0.383 e. The Bertz CT molecular complexity index is 576. The number of hydrogen-bond donors (Lipinski definition) is 1. The highest BCUT2D eigenvalue weighted by Crippen LogP contribution is 2.26. The Labute approximate surface area is 150 Å². The number of carbonyl (C=O) groups is 1. The standard InChI is InChI=1S/C19H32N4O2/c1-3-23-17-9-8-15(20-10-13-25-2)14-16(17)18(21-23)19(24)22-11-6-4-5-7-12-22/h15,20H,3-14H2,1-2H3/t15-/m1/s1. The van der Waals surface area contributed by atoms with Crippen molar-refractivity contribution >= 4 is 5.91 Å². The van der Waals surface area contributed by atoms with Gasteiger partial charge in [0.2, 0.25) is 0 Å². The predicted molar refractivity (Wildman–Crippen MR) is 98.0 cm³/mol. The smallest absolute Gasteiger partial charge is 0.274 e. The van der Waals surface area contributed by atoms with Crippen LogP contribution < -0.4 is 5.32 Å². The summed E-state index contributed by atoms with van der Waals surface area (Å²) in [5, 5.41) is 8.28. The number of carbonyl (C=O) groups excluding carboxylic acids is 1. The molecule has 3 rings (SSSR count). The van der Waals surface area contributed by atoms with Crippen LogP contribution in [0.2, 0.25) is 0 Å². The Morgan fingerprint density at radius 1 is 1.28 bits per heavy atom. The highest BCUT2D eigenvalue weighted by atomic mass is 16.5. The van der Waals surface area contributed by atoms with Gasteiger partial charge in [0.05, 0.1) is 6.61 Å². The number of hydrogen-bond acceptors (Lipinski definition) is 4. The number of nitrogens with zero attached hydrogens (tertiary/aromatic N) is 3. The minimum absolute atomic E-state index is 0.142. The molecule has 1 aromatic rings. The van der Waals surface area contributed by atoms with E-state index in [1.165, 1.54) is 24.1 Å². The molecule has 1 aliphatic carbocycles. The van der Waals surface area contributed by atoms with Crippen molar-refractivity contribution in [1.29, 1.82) is 0 Å². The van der Waals surface area contributed by atoms with Crippen molar-refractivity contribution in [2.24, 2.45) is 0 Å². The summed E-state index contributed by atoms with van der Waals surface area (Å²) in [7, 11) is 1.73. The van der Waals surface area contributed by atoms with E-state index in [0.29, 0.717) is 11.7 Å². The second-order valence-electron chi connectivity index (χ2n) is 7.18. The van der Waals surface area contributed by atoms with E-state index in [9.17, 15) is 4.79 Å². The number of rotatable bonds is 6. The largest absolute Gasteiger partial charge is 0.383 e. The Balaban J connectivity index is 1.78. The van der Waals surface area contributed by atoms with Crippen molar-refractivity contribution in [3.63, 3.8) is 0 Å². The van der Waals surface area contributed by atoms with Crippen molar-refractivity contribution in [2.45, 2.75) is 64.5 Å². The molecular weight excluding hydrogens is 316 g/mol. The van der Waals surface area contributed by atoms with E-state index >= 15 is 0 Å². The minimum atomic E-state index is 0.142. The Hall–Kier alpha value is -1.40. The average molecular weight is 348 g/mol. The first-order valence-corrected chi connectivity index (χ1v) is 9.84. The summed E-state index contributed by atoms with van der Waals surface area (Å²) in [5.74, 6) is 0.142. The number of fused-ring (bicyclic) bond motifs is 1. The van der Waals surface area contributed by atoms with Gasteiger partial charge in [-0.15, -0.1) is 0 Å². The summed E-state index contributed by atoms with van der Waals surface area (Å²) in [6.07, 6.45) is 7.68. The highest BCUT2D eigenvalue weighted by molar-refractivity contribution is 5.94. The van der Waals surface area contributed by atoms with E-state index < -0.39 is 0 Å². The SMILES string of the molecule is CCn1nc(C(=O)N2CCCCCC2)c2c1CC[C@@H](NCCOC)C2. The zero-order valence-corrected chi connectivity index (χ0v) is 15.7. The van der Waals surface area contributed by atoms with Crippen LogP contribution in [-0.4, -0.2) is 60.0 Å². The van der Waals surface area contributed by atoms with Crippen LogP contribution in [0.1, 0.15) is 60.8 Å². The molecule has 6 nitrogen and oxygen atoms in total. The molecule has 0 saturated carbocycles. The van der Waals surface area contributed by atoms with E-state index in [0.717, 1.165) is 64.9 Å². The molecule has 140 valence electrons. The van der Waals surface area contributed by atoms with Gasteiger partial charge in [0, 0.05) is 50.6 Å². The molecule has 2 heterocycles. The summed E-state index contributed by atoms with van der Waals surface area (Å²) in [6.45, 7) is 6.27. The summed E-state index contributed by atoms with van der Waals surface area (Å²) in [6, 6.07) is 0.410. The lowest BCUT2D eigenvalue weighted by Crippen LogP contribution is -2.38. The molecule has 1 atom stereocenters. The Morgan fingerprint density at radius 3 is 2.72 bits per heavy atom. The van der Waals surface area contributed by atoms with Crippen LogP contribution in [-0.2, 0) is 24.1 Å². The first-order chi connectivity index (χ1) is 12.2. The lowest BCUT2D eigenvalue weighted by Gasteiger charge is -2.25. The normalized spacial score (nSPS) is 21.0. The van der Waals surface area contributed by atoms with E-state index in [2.05, 4.69) is 12.2 Å². The number of ether oxygens (including phenoxy) is 1. The fraction of sp³-hybridized carbons (Fsp3) is 0.789. The van der Waals surface area contributed by atoms with Crippen molar-refractivity contribution < 1.29 is 9.53 Å². The molecule has 1 aliphatic heterocycles. The van der Waals surface area contributed by atoms with E-state index in [4.69, 9.17) is 9.84 Å². The molecule has 25 heavy (non-hydrogen) atoms. The molecule has 0 radical (unpaired) electrons. The average Bonchev–Trinajstić information content (AvgIpc) is 2.80. The van der Waals surface area contributed by atoms with Gasteiger partial charge in [0.1, 0.15) is 0 Å². The zero-order valence-electron chi connectivity index (χ0n) is 15.7. The third-order valence-corrected chi connectivity index (χ3v) is 5.48. The molecule has 1 N–H and O–H groups in total. The van der Waals surface area contributed by atoms with Crippen molar-refractivity contribution in [2.75, 3.05) is 33.4 Å². The third-order valence-electron chi connectivity index (χ3n) is 5.48. The summed E-state index contributed by atoms with van der Waals surface area (Å²) in [4.78, 5) is 15.2. The molecule has 0 aromatic carbocycles. The first-order valence-electron chi connectivity index (χ1n) is 9.84. The predicted octanol–water partition coefficient (Wildman–Crippen LogP) is 2.01. The first kappa shape index (κ1) is 18.4. The van der Waals surface area contributed by atoms with Crippen molar-refractivity contribution in [1.82, 2.24) is 20.0 Å². The lowest BCUT2D eigenvalue weighted by atomic mass is 9.91. The Morgan fingerprint density at radius 2 is 2.04 bits per heavy atom. The van der Waals surface area contributed by atoms with Gasteiger partial charge in [-0.25, -0.2) is 0 Å². The van der Waals surface area contributed by atoms with Gasteiger partial charge in [0.15, 0.2) is 5.69 Å². The number of aryl methyl sites for hydroxylation is 1. The van der Waals surface area contributed by atoms with E-state index in [1.807, 2.05) is 9.58 Å². The molecule has 0 spiro atoms. The van der Waals surface area contributed by atoms with Gasteiger partial charge in [-0.1, -0.05) is 12.8 Å². The van der Waals surface area contributed by atoms with Crippen LogP contribution in [0.3, 0.4) is 0 Å². The lowest BCUT2D eigenvalue weighted by molar-refractivity contribution is 0.0753. The molecule has 0 unspecified atom stereocenters. The Kier molecular flexibility index (Phi) is 6.48. The molecule has 1 saturated heterocycles. The maximum atomic E-state index is 13.1. The van der Waals surface area contributed by atoms with Crippen molar-refractivity contribution in [3.8, 4) is 0 Å². The quantitative estimate of drug-likeness (QED) is 0.799. The summed E-state index contributed by atoms with van der Waals surface area (Å²) in [5.41, 5.74) is 3.15. The maximum Gasteiger partial charge on any atom is 0.274 e. The molecule has 6 heteroatoms. The van der Waals surface area contributed by atoms with Crippen LogP contribution in [0, 0.1) is 0 Å². The third kappa shape index (κ3) is 4.23. The van der Waals surface area contributed by atoms with Crippen molar-refractivity contribution in [3.05, 3.63) is 17.0 Å². The summed E-state index contributed by atoms with van der Waals surface area (Å²) < 4.78 is 7.18. The topological polar surface area (TPSA) is 59.4 Å². The number of methoxy groups -OCH3 is 1. The van der Waals surface area contributed by atoms with E-state index in [1.54, 1.807) is 7.11 Å². The van der Waals surface area contributed by atoms with Crippen LogP contribution in [0.5, 0.6) is 0 Å². The molecule has 2 aliphatic rings. The number of nitrogens with one attached hydrogen (secondary N) is 1. The van der Waals surface area contributed by atoms with Gasteiger partial charge in [-0.2, -0.15) is 5.10 Å². The molecule has 1 amide bonds. The second-order valence-corrected chi connectivity index (χ2v) is 7.18. The fourth-order valence-corrected chi connectivity index (χ4v) is 4.08. The van der Waals surface area contributed by atoms with Crippen LogP contribution in [0.15, 0.2) is 0 Å². The number of amides is 1. The van der Waals surface area contributed by atoms with Gasteiger partial charge in [-0.3, -0.25) is 9.48 Å². The van der Waals surface area contributed by atoms with Crippen LogP contribution in [0.4, 0.5) is 0 Å². The number of likely N-dealkylation sites (tertiary alicyclic amines) is 1. The summed E-state index contributed by atoms with van der Waals surface area (Å²) >= 11 is 0. The molecular formula is C19H32N4O2. The molecule has 1 aromatic heterocycles. The maximum absolute atomic E-state index is 13.1. The van der Waals surface area contributed by atoms with Crippen LogP contribution in [0.25, 0.3) is 0 Å². The molecule has 1 fully saturated rings. The molecule has 0 bridgehead atoms. The van der Waals surface area contributed by atoms with Crippen LogP contribution >= 0.6 is 0 Å². The van der Waals surface area contributed by atoms with E-state index in [-0.39, 0.29) is 5.91 Å². The van der Waals surface area contributed by atoms with Gasteiger partial charge < -0.3 is 15.0 Å². The van der Waals surface area contributed by atoms with Gasteiger partial charge in [-0.05, 0) is 39.0 Å². The monoisotopic (exact) mass is 348 g/mol. The zero-order chi connectivity index (χ0) is 17.6. The van der Waals surface area contributed by atoms with Gasteiger partial charge in [0.25, 0.3) is 5.91 Å².